The van der Waals surface area contributed by atoms with Gasteiger partial charge in [0.2, 0.25) is 11.9 Å². The minimum Gasteiger partial charge on any atom is -0.464 e. The number of rotatable bonds is 10. The first-order valence-corrected chi connectivity index (χ1v) is 7.11. The van der Waals surface area contributed by atoms with Gasteiger partial charge in [-0.2, -0.15) is 15.0 Å². The number of likely N-dealkylation sites (N-methyl/N-ethyl adjacent to an activating group) is 1. The summed E-state index contributed by atoms with van der Waals surface area (Å²) in [5, 5.41) is 12.9. The zero-order chi connectivity index (χ0) is 15.7. The third-order valence-electron chi connectivity index (χ3n) is 2.59. The Morgan fingerprint density at radius 3 is 2.67 bits per heavy atom. The van der Waals surface area contributed by atoms with Crippen LogP contribution in [0.25, 0.3) is 0 Å². The molecule has 0 aromatic carbocycles. The summed E-state index contributed by atoms with van der Waals surface area (Å²) in [5.74, 6) is 0.917. The van der Waals surface area contributed by atoms with Crippen molar-refractivity contribution < 1.29 is 14.6 Å². The Labute approximate surface area is 125 Å². The first kappa shape index (κ1) is 17.4. The molecule has 0 bridgehead atoms. The van der Waals surface area contributed by atoms with Crippen LogP contribution in [0, 0.1) is 0 Å². The number of aliphatic hydroxyl groups excluding tert-OH is 1. The number of aromatic nitrogens is 3. The van der Waals surface area contributed by atoms with Gasteiger partial charge in [-0.25, -0.2) is 0 Å². The van der Waals surface area contributed by atoms with Gasteiger partial charge in [-0.15, -0.1) is 0 Å². The van der Waals surface area contributed by atoms with E-state index in [1.54, 1.807) is 19.1 Å². The maximum absolute atomic E-state index is 9.78. The van der Waals surface area contributed by atoms with Crippen molar-refractivity contribution in [1.82, 2.24) is 15.0 Å². The molecule has 0 spiro atoms. The molecule has 0 aliphatic carbocycles. The molecule has 0 saturated heterocycles. The van der Waals surface area contributed by atoms with Crippen molar-refractivity contribution in [1.29, 1.82) is 0 Å². The number of nitrogens with zero attached hydrogens (tertiary/aromatic N) is 4. The largest absolute Gasteiger partial charge is 0.464 e. The Balaban J connectivity index is 2.84. The number of anilines is 2. The number of nitrogens with one attached hydrogen (secondary N) is 1. The number of methoxy groups -OCH3 is 1. The van der Waals surface area contributed by atoms with Crippen LogP contribution < -0.4 is 15.0 Å². The van der Waals surface area contributed by atoms with Crippen LogP contribution in [-0.2, 0) is 4.74 Å². The zero-order valence-electron chi connectivity index (χ0n) is 13.2. The van der Waals surface area contributed by atoms with Crippen LogP contribution in [0.15, 0.2) is 0 Å². The SMILES string of the molecule is CCCNc1nc(OCC)nc(N(C)CC(O)COC)n1. The molecule has 0 saturated carbocycles. The summed E-state index contributed by atoms with van der Waals surface area (Å²) < 4.78 is 10.3. The number of hydrogen-bond acceptors (Lipinski definition) is 8. The fourth-order valence-corrected chi connectivity index (χ4v) is 1.67. The van der Waals surface area contributed by atoms with E-state index in [4.69, 9.17) is 9.47 Å². The number of aliphatic hydroxyl groups is 1. The van der Waals surface area contributed by atoms with Gasteiger partial charge in [-0.05, 0) is 13.3 Å². The summed E-state index contributed by atoms with van der Waals surface area (Å²) >= 11 is 0. The second-order valence-corrected chi connectivity index (χ2v) is 4.59. The molecule has 0 aliphatic heterocycles. The normalized spacial score (nSPS) is 12.0. The first-order chi connectivity index (χ1) is 10.1. The van der Waals surface area contributed by atoms with Crippen molar-refractivity contribution in [3.8, 4) is 6.01 Å². The molecule has 1 rings (SSSR count). The summed E-state index contributed by atoms with van der Waals surface area (Å²) in [7, 11) is 3.35. The second kappa shape index (κ2) is 9.30. The molecule has 2 N–H and O–H groups in total. The minimum absolute atomic E-state index is 0.259. The highest BCUT2D eigenvalue weighted by atomic mass is 16.5. The molecule has 0 radical (unpaired) electrons. The van der Waals surface area contributed by atoms with E-state index in [2.05, 4.69) is 27.2 Å². The van der Waals surface area contributed by atoms with Gasteiger partial charge in [-0.3, -0.25) is 0 Å². The Morgan fingerprint density at radius 1 is 1.29 bits per heavy atom. The molecule has 0 aliphatic rings. The van der Waals surface area contributed by atoms with E-state index >= 15 is 0 Å². The lowest BCUT2D eigenvalue weighted by Gasteiger charge is -2.21. The van der Waals surface area contributed by atoms with Crippen LogP contribution >= 0.6 is 0 Å². The third-order valence-corrected chi connectivity index (χ3v) is 2.59. The highest BCUT2D eigenvalue weighted by Crippen LogP contribution is 2.14. The maximum atomic E-state index is 9.78. The van der Waals surface area contributed by atoms with Crippen LogP contribution in [0.1, 0.15) is 20.3 Å². The fraction of sp³-hybridized carbons (Fsp3) is 0.769. The van der Waals surface area contributed by atoms with Gasteiger partial charge in [0, 0.05) is 27.2 Å². The third kappa shape index (κ3) is 6.09. The Bertz CT molecular complexity index is 419. The van der Waals surface area contributed by atoms with Gasteiger partial charge in [0.15, 0.2) is 0 Å². The molecule has 8 heteroatoms. The molecule has 8 nitrogen and oxygen atoms in total. The second-order valence-electron chi connectivity index (χ2n) is 4.59. The lowest BCUT2D eigenvalue weighted by molar-refractivity contribution is 0.0693. The van der Waals surface area contributed by atoms with E-state index < -0.39 is 6.10 Å². The van der Waals surface area contributed by atoms with Crippen molar-refractivity contribution in [3.05, 3.63) is 0 Å². The van der Waals surface area contributed by atoms with Gasteiger partial charge in [0.25, 0.3) is 0 Å². The van der Waals surface area contributed by atoms with Gasteiger partial charge < -0.3 is 24.8 Å². The van der Waals surface area contributed by atoms with Crippen LogP contribution in [0.5, 0.6) is 6.01 Å². The van der Waals surface area contributed by atoms with Gasteiger partial charge in [0.05, 0.1) is 19.3 Å². The topological polar surface area (TPSA) is 92.6 Å². The number of hydrogen-bond donors (Lipinski definition) is 2. The molecule has 1 atom stereocenters. The molecule has 1 heterocycles. The summed E-state index contributed by atoms with van der Waals surface area (Å²) in [6.07, 6.45) is 0.354. The first-order valence-electron chi connectivity index (χ1n) is 7.11. The molecule has 21 heavy (non-hydrogen) atoms. The molecule has 0 fully saturated rings. The quantitative estimate of drug-likeness (QED) is 0.646. The Kier molecular flexibility index (Phi) is 7.70. The molecular formula is C13H25N5O3. The highest BCUT2D eigenvalue weighted by molar-refractivity contribution is 5.37. The van der Waals surface area contributed by atoms with Crippen LogP contribution in [-0.4, -0.2) is 66.6 Å². The smallest absolute Gasteiger partial charge is 0.323 e. The van der Waals surface area contributed by atoms with Crippen LogP contribution in [0.4, 0.5) is 11.9 Å². The summed E-state index contributed by atoms with van der Waals surface area (Å²) in [6, 6.07) is 0.272. The van der Waals surface area contributed by atoms with E-state index in [1.807, 2.05) is 6.92 Å². The van der Waals surface area contributed by atoms with Crippen molar-refractivity contribution in [2.24, 2.45) is 0 Å². The monoisotopic (exact) mass is 299 g/mol. The van der Waals surface area contributed by atoms with Gasteiger partial charge >= 0.3 is 6.01 Å². The Morgan fingerprint density at radius 2 is 2.05 bits per heavy atom. The van der Waals surface area contributed by atoms with E-state index in [0.717, 1.165) is 13.0 Å². The van der Waals surface area contributed by atoms with Crippen molar-refractivity contribution in [2.45, 2.75) is 26.4 Å². The fourth-order valence-electron chi connectivity index (χ4n) is 1.67. The van der Waals surface area contributed by atoms with Gasteiger partial charge in [-0.1, -0.05) is 6.92 Å². The summed E-state index contributed by atoms with van der Waals surface area (Å²) in [5.41, 5.74) is 0. The number of ether oxygens (including phenoxy) is 2. The van der Waals surface area contributed by atoms with E-state index in [-0.39, 0.29) is 12.6 Å². The lowest BCUT2D eigenvalue weighted by Crippen LogP contribution is -2.33. The van der Waals surface area contributed by atoms with Crippen molar-refractivity contribution >= 4 is 11.9 Å². The summed E-state index contributed by atoms with van der Waals surface area (Å²) in [4.78, 5) is 14.5. The van der Waals surface area contributed by atoms with Crippen LogP contribution in [0.2, 0.25) is 0 Å². The molecule has 1 aromatic rings. The molecule has 0 amide bonds. The summed E-state index contributed by atoms with van der Waals surface area (Å²) in [6.45, 7) is 5.80. The standard InChI is InChI=1S/C13H25N5O3/c1-5-7-14-11-15-12(17-13(16-11)21-6-2)18(3)8-10(19)9-20-4/h10,19H,5-9H2,1-4H3,(H,14,15,16,17). The predicted octanol–water partition coefficient (Wildman–Crippen LogP) is 0.536. The lowest BCUT2D eigenvalue weighted by atomic mass is 10.3. The molecule has 1 aromatic heterocycles. The Hall–Kier alpha value is -1.67. The van der Waals surface area contributed by atoms with E-state index in [9.17, 15) is 5.11 Å². The zero-order valence-corrected chi connectivity index (χ0v) is 13.2. The predicted molar refractivity (Wildman–Crippen MR) is 80.9 cm³/mol. The average Bonchev–Trinajstić information content (AvgIpc) is 2.45. The van der Waals surface area contributed by atoms with E-state index in [1.165, 1.54) is 0 Å². The van der Waals surface area contributed by atoms with Gasteiger partial charge in [0.1, 0.15) is 0 Å². The van der Waals surface area contributed by atoms with E-state index in [0.29, 0.717) is 25.0 Å². The van der Waals surface area contributed by atoms with Crippen molar-refractivity contribution in [2.75, 3.05) is 50.7 Å². The molecule has 1 unspecified atom stereocenters. The minimum atomic E-state index is -0.612. The molecule has 120 valence electrons. The average molecular weight is 299 g/mol. The van der Waals surface area contributed by atoms with Crippen LogP contribution in [0.3, 0.4) is 0 Å². The maximum Gasteiger partial charge on any atom is 0.323 e. The van der Waals surface area contributed by atoms with Crippen molar-refractivity contribution in [3.63, 3.8) is 0 Å². The highest BCUT2D eigenvalue weighted by Gasteiger charge is 2.14. The molecular weight excluding hydrogens is 274 g/mol.